The molecule has 2 rings (SSSR count). The summed E-state index contributed by atoms with van der Waals surface area (Å²) in [6, 6.07) is 4.90. The Morgan fingerprint density at radius 3 is 2.65 bits per heavy atom. The predicted octanol–water partition coefficient (Wildman–Crippen LogP) is 1.62. The van der Waals surface area contributed by atoms with Gasteiger partial charge in [-0.15, -0.1) is 0 Å². The molecular weight excluding hydrogens is 258 g/mol. The minimum Gasteiger partial charge on any atom is -0.496 e. The molecule has 0 aliphatic heterocycles. The largest absolute Gasteiger partial charge is 0.496 e. The zero-order valence-corrected chi connectivity index (χ0v) is 11.5. The van der Waals surface area contributed by atoms with Gasteiger partial charge in [0.2, 0.25) is 11.7 Å². The van der Waals surface area contributed by atoms with E-state index in [0.717, 1.165) is 0 Å². The average molecular weight is 273 g/mol. The summed E-state index contributed by atoms with van der Waals surface area (Å²) in [6.07, 6.45) is 3.24. The summed E-state index contributed by atoms with van der Waals surface area (Å²) in [7, 11) is 3.23. The van der Waals surface area contributed by atoms with Crippen LogP contribution < -0.4 is 10.1 Å². The molecule has 0 unspecified atom stereocenters. The Balaban J connectivity index is 2.45. The lowest BCUT2D eigenvalue weighted by molar-refractivity contribution is -0.114. The molecular formula is C14H15N3O3. The Bertz CT molecular complexity index is 661. The van der Waals surface area contributed by atoms with Crippen molar-refractivity contribution in [2.45, 2.75) is 6.92 Å². The third-order valence-electron chi connectivity index (χ3n) is 2.79. The van der Waals surface area contributed by atoms with E-state index in [2.05, 4.69) is 10.3 Å². The highest BCUT2D eigenvalue weighted by atomic mass is 16.5. The lowest BCUT2D eigenvalue weighted by Gasteiger charge is -2.10. The van der Waals surface area contributed by atoms with Crippen molar-refractivity contribution in [1.29, 1.82) is 0 Å². The van der Waals surface area contributed by atoms with Gasteiger partial charge >= 0.3 is 0 Å². The van der Waals surface area contributed by atoms with Gasteiger partial charge in [0.25, 0.3) is 0 Å². The molecule has 6 nitrogen and oxygen atoms in total. The van der Waals surface area contributed by atoms with Gasteiger partial charge in [0.1, 0.15) is 5.75 Å². The number of anilines is 1. The van der Waals surface area contributed by atoms with E-state index < -0.39 is 0 Å². The van der Waals surface area contributed by atoms with Crippen molar-refractivity contribution >= 4 is 17.4 Å². The summed E-state index contributed by atoms with van der Waals surface area (Å²) in [5, 5.41) is 2.64. The number of rotatable bonds is 4. The average Bonchev–Trinajstić information content (AvgIpc) is 2.83. The second-order valence-electron chi connectivity index (χ2n) is 4.29. The first-order valence-corrected chi connectivity index (χ1v) is 6.00. The van der Waals surface area contributed by atoms with Crippen LogP contribution in [-0.4, -0.2) is 28.4 Å². The van der Waals surface area contributed by atoms with Crippen LogP contribution in [0, 0.1) is 0 Å². The maximum Gasteiger partial charge on any atom is 0.232 e. The third kappa shape index (κ3) is 2.69. The van der Waals surface area contributed by atoms with Gasteiger partial charge in [-0.3, -0.25) is 9.59 Å². The summed E-state index contributed by atoms with van der Waals surface area (Å²) < 4.78 is 6.83. The molecule has 0 saturated carbocycles. The van der Waals surface area contributed by atoms with Crippen molar-refractivity contribution in [2.75, 3.05) is 12.4 Å². The highest BCUT2D eigenvalue weighted by molar-refractivity contribution is 6.09. The minimum absolute atomic E-state index is 0.203. The number of aromatic nitrogens is 2. The molecule has 0 saturated heterocycles. The van der Waals surface area contributed by atoms with E-state index in [1.54, 1.807) is 42.2 Å². The SMILES string of the molecule is COc1ccc(NC(C)=O)cc1C(=O)c1nccn1C. The topological polar surface area (TPSA) is 73.2 Å². The van der Waals surface area contributed by atoms with Crippen LogP contribution in [0.3, 0.4) is 0 Å². The van der Waals surface area contributed by atoms with E-state index in [1.165, 1.54) is 14.0 Å². The zero-order valence-electron chi connectivity index (χ0n) is 11.5. The molecule has 1 amide bonds. The monoisotopic (exact) mass is 273 g/mol. The van der Waals surface area contributed by atoms with Gasteiger partial charge in [-0.1, -0.05) is 0 Å². The van der Waals surface area contributed by atoms with Crippen molar-refractivity contribution < 1.29 is 14.3 Å². The third-order valence-corrected chi connectivity index (χ3v) is 2.79. The van der Waals surface area contributed by atoms with Crippen LogP contribution in [0.4, 0.5) is 5.69 Å². The zero-order chi connectivity index (χ0) is 14.7. The quantitative estimate of drug-likeness (QED) is 0.859. The van der Waals surface area contributed by atoms with E-state index in [4.69, 9.17) is 4.74 Å². The molecule has 1 aromatic carbocycles. The predicted molar refractivity (Wildman–Crippen MR) is 73.9 cm³/mol. The Morgan fingerprint density at radius 1 is 1.35 bits per heavy atom. The molecule has 1 heterocycles. The van der Waals surface area contributed by atoms with Crippen LogP contribution in [0.1, 0.15) is 23.1 Å². The van der Waals surface area contributed by atoms with E-state index in [1.807, 2.05) is 0 Å². The normalized spacial score (nSPS) is 10.2. The van der Waals surface area contributed by atoms with Crippen molar-refractivity contribution in [2.24, 2.45) is 7.05 Å². The van der Waals surface area contributed by atoms with Gasteiger partial charge < -0.3 is 14.6 Å². The smallest absolute Gasteiger partial charge is 0.232 e. The molecule has 0 fully saturated rings. The second kappa shape index (κ2) is 5.56. The van der Waals surface area contributed by atoms with Crippen molar-refractivity contribution in [3.05, 3.63) is 42.0 Å². The number of hydrogen-bond acceptors (Lipinski definition) is 4. The maximum atomic E-state index is 12.5. The fraction of sp³-hybridized carbons (Fsp3) is 0.214. The minimum atomic E-state index is -0.262. The van der Waals surface area contributed by atoms with Gasteiger partial charge in [-0.25, -0.2) is 4.98 Å². The van der Waals surface area contributed by atoms with Crippen LogP contribution in [-0.2, 0) is 11.8 Å². The first-order valence-electron chi connectivity index (χ1n) is 6.00. The van der Waals surface area contributed by atoms with Gasteiger partial charge in [0.15, 0.2) is 5.82 Å². The lowest BCUT2D eigenvalue weighted by Crippen LogP contribution is -2.12. The Morgan fingerprint density at radius 2 is 2.10 bits per heavy atom. The van der Waals surface area contributed by atoms with Gasteiger partial charge in [0.05, 0.1) is 12.7 Å². The molecule has 0 spiro atoms. The highest BCUT2D eigenvalue weighted by Gasteiger charge is 2.19. The first-order chi connectivity index (χ1) is 9.52. The van der Waals surface area contributed by atoms with Crippen LogP contribution in [0.25, 0.3) is 0 Å². The summed E-state index contributed by atoms with van der Waals surface area (Å²) in [6.45, 7) is 1.41. The Hall–Kier alpha value is -2.63. The number of methoxy groups -OCH3 is 1. The molecule has 1 aromatic heterocycles. The number of nitrogens with one attached hydrogen (secondary N) is 1. The van der Waals surface area contributed by atoms with Gasteiger partial charge in [-0.2, -0.15) is 0 Å². The number of aryl methyl sites for hydroxylation is 1. The summed E-state index contributed by atoms with van der Waals surface area (Å²) in [5.74, 6) is 0.280. The number of nitrogens with zero attached hydrogens (tertiary/aromatic N) is 2. The fourth-order valence-electron chi connectivity index (χ4n) is 1.87. The second-order valence-corrected chi connectivity index (χ2v) is 4.29. The van der Waals surface area contributed by atoms with Crippen LogP contribution in [0.5, 0.6) is 5.75 Å². The number of benzene rings is 1. The summed E-state index contributed by atoms with van der Waals surface area (Å²) >= 11 is 0. The molecule has 6 heteroatoms. The standard InChI is InChI=1S/C14H15N3O3/c1-9(18)16-10-4-5-12(20-3)11(8-10)13(19)14-15-6-7-17(14)2/h4-8H,1-3H3,(H,16,18). The molecule has 2 aromatic rings. The maximum absolute atomic E-state index is 12.5. The molecule has 0 aliphatic rings. The Kier molecular flexibility index (Phi) is 3.84. The number of carbonyl (C=O) groups excluding carboxylic acids is 2. The number of ether oxygens (including phenoxy) is 1. The van der Waals surface area contributed by atoms with E-state index >= 15 is 0 Å². The molecule has 0 bridgehead atoms. The van der Waals surface area contributed by atoms with E-state index in [9.17, 15) is 9.59 Å². The van der Waals surface area contributed by atoms with Gasteiger partial charge in [-0.05, 0) is 18.2 Å². The van der Waals surface area contributed by atoms with Crippen molar-refractivity contribution in [3.8, 4) is 5.75 Å². The van der Waals surface area contributed by atoms with E-state index in [-0.39, 0.29) is 11.7 Å². The summed E-state index contributed by atoms with van der Waals surface area (Å²) in [5.41, 5.74) is 0.893. The lowest BCUT2D eigenvalue weighted by atomic mass is 10.1. The number of imidazole rings is 1. The van der Waals surface area contributed by atoms with E-state index in [0.29, 0.717) is 22.8 Å². The highest BCUT2D eigenvalue weighted by Crippen LogP contribution is 2.24. The number of amides is 1. The van der Waals surface area contributed by atoms with Crippen LogP contribution in [0.15, 0.2) is 30.6 Å². The number of carbonyl (C=O) groups is 2. The van der Waals surface area contributed by atoms with Crippen LogP contribution in [0.2, 0.25) is 0 Å². The number of ketones is 1. The van der Waals surface area contributed by atoms with Gasteiger partial charge in [0, 0.05) is 32.1 Å². The fourth-order valence-corrected chi connectivity index (χ4v) is 1.87. The summed E-state index contributed by atoms with van der Waals surface area (Å²) in [4.78, 5) is 27.6. The van der Waals surface area contributed by atoms with Crippen molar-refractivity contribution in [3.63, 3.8) is 0 Å². The van der Waals surface area contributed by atoms with Crippen LogP contribution >= 0.6 is 0 Å². The molecule has 0 radical (unpaired) electrons. The molecule has 1 N–H and O–H groups in total. The van der Waals surface area contributed by atoms with Crippen molar-refractivity contribution in [1.82, 2.24) is 9.55 Å². The molecule has 0 atom stereocenters. The first kappa shape index (κ1) is 13.8. The molecule has 20 heavy (non-hydrogen) atoms. The Labute approximate surface area is 116 Å². The number of hydrogen-bond donors (Lipinski definition) is 1. The molecule has 0 aliphatic carbocycles. The molecule has 104 valence electrons.